The van der Waals surface area contributed by atoms with E-state index in [0.717, 1.165) is 4.88 Å². The van der Waals surface area contributed by atoms with E-state index < -0.39 is 0 Å². The molecule has 1 heterocycles. The van der Waals surface area contributed by atoms with Gasteiger partial charge in [0.05, 0.1) is 16.5 Å². The zero-order chi connectivity index (χ0) is 13.0. The van der Waals surface area contributed by atoms with Crippen LogP contribution in [0, 0.1) is 0 Å². The lowest BCUT2D eigenvalue weighted by Gasteiger charge is -2.08. The van der Waals surface area contributed by atoms with E-state index in [1.54, 1.807) is 6.07 Å². The predicted molar refractivity (Wildman–Crippen MR) is 75.0 cm³/mol. The number of para-hydroxylation sites is 1. The fourth-order valence-electron chi connectivity index (χ4n) is 1.68. The first-order chi connectivity index (χ1) is 8.70. The van der Waals surface area contributed by atoms with Crippen molar-refractivity contribution in [2.75, 3.05) is 6.61 Å². The minimum atomic E-state index is 0.0533. The number of benzene rings is 1. The molecule has 0 aliphatic carbocycles. The summed E-state index contributed by atoms with van der Waals surface area (Å²) in [7, 11) is 0. The molecule has 0 radical (unpaired) electrons. The largest absolute Gasteiger partial charge is 0.493 e. The second-order valence-electron chi connectivity index (χ2n) is 3.73. The summed E-state index contributed by atoms with van der Waals surface area (Å²) in [5.74, 6) is 0.699. The SMILES string of the molecule is CCOc1ccccc1C(=O)Cc1ccc(Cl)s1. The van der Waals surface area contributed by atoms with Gasteiger partial charge in [-0.15, -0.1) is 11.3 Å². The normalized spacial score (nSPS) is 10.3. The minimum absolute atomic E-state index is 0.0533. The van der Waals surface area contributed by atoms with Gasteiger partial charge >= 0.3 is 0 Å². The molecule has 0 spiro atoms. The molecule has 0 saturated heterocycles. The molecule has 18 heavy (non-hydrogen) atoms. The van der Waals surface area contributed by atoms with Crippen LogP contribution in [0.2, 0.25) is 4.34 Å². The maximum absolute atomic E-state index is 12.2. The highest BCUT2D eigenvalue weighted by Crippen LogP contribution is 2.25. The van der Waals surface area contributed by atoms with Crippen LogP contribution < -0.4 is 4.74 Å². The average molecular weight is 281 g/mol. The Bertz CT molecular complexity index is 548. The van der Waals surface area contributed by atoms with Crippen molar-refractivity contribution in [2.45, 2.75) is 13.3 Å². The lowest BCUT2D eigenvalue weighted by atomic mass is 10.1. The number of thiophene rings is 1. The van der Waals surface area contributed by atoms with Gasteiger partial charge in [0.2, 0.25) is 0 Å². The molecular formula is C14H13ClO2S. The summed E-state index contributed by atoms with van der Waals surface area (Å²) in [4.78, 5) is 13.2. The van der Waals surface area contributed by atoms with E-state index in [-0.39, 0.29) is 5.78 Å². The van der Waals surface area contributed by atoms with E-state index in [2.05, 4.69) is 0 Å². The first-order valence-corrected chi connectivity index (χ1v) is 6.89. The topological polar surface area (TPSA) is 26.3 Å². The van der Waals surface area contributed by atoms with Crippen LogP contribution in [0.4, 0.5) is 0 Å². The molecule has 0 aliphatic heterocycles. The number of carbonyl (C=O) groups is 1. The molecule has 0 fully saturated rings. The molecule has 0 N–H and O–H groups in total. The van der Waals surface area contributed by atoms with E-state index in [4.69, 9.17) is 16.3 Å². The zero-order valence-electron chi connectivity index (χ0n) is 9.98. The number of carbonyl (C=O) groups excluding carboxylic acids is 1. The van der Waals surface area contributed by atoms with E-state index in [9.17, 15) is 4.79 Å². The lowest BCUT2D eigenvalue weighted by Crippen LogP contribution is -2.05. The Hall–Kier alpha value is -1.32. The van der Waals surface area contributed by atoms with E-state index in [1.165, 1.54) is 11.3 Å². The first-order valence-electron chi connectivity index (χ1n) is 5.70. The molecular weight excluding hydrogens is 268 g/mol. The monoisotopic (exact) mass is 280 g/mol. The number of ketones is 1. The van der Waals surface area contributed by atoms with Crippen molar-refractivity contribution in [1.29, 1.82) is 0 Å². The van der Waals surface area contributed by atoms with Crippen LogP contribution in [0.1, 0.15) is 22.2 Å². The van der Waals surface area contributed by atoms with Crippen LogP contribution in [-0.2, 0) is 6.42 Å². The van der Waals surface area contributed by atoms with Crippen molar-refractivity contribution in [3.05, 3.63) is 51.2 Å². The Labute approximate surface area is 115 Å². The molecule has 0 atom stereocenters. The third kappa shape index (κ3) is 3.12. The van der Waals surface area contributed by atoms with Crippen LogP contribution in [0.25, 0.3) is 0 Å². The molecule has 4 heteroatoms. The molecule has 0 aliphatic rings. The van der Waals surface area contributed by atoms with Gasteiger partial charge in [0, 0.05) is 11.3 Å². The fraction of sp³-hybridized carbons (Fsp3) is 0.214. The van der Waals surface area contributed by atoms with Crippen molar-refractivity contribution in [2.24, 2.45) is 0 Å². The highest BCUT2D eigenvalue weighted by atomic mass is 35.5. The molecule has 0 unspecified atom stereocenters. The Balaban J connectivity index is 2.18. The van der Waals surface area contributed by atoms with Crippen LogP contribution in [0.15, 0.2) is 36.4 Å². The van der Waals surface area contributed by atoms with Gasteiger partial charge in [0.15, 0.2) is 5.78 Å². The average Bonchev–Trinajstić information content (AvgIpc) is 2.76. The minimum Gasteiger partial charge on any atom is -0.493 e. The maximum atomic E-state index is 12.2. The molecule has 2 rings (SSSR count). The third-order valence-electron chi connectivity index (χ3n) is 2.45. The number of Topliss-reactive ketones (excluding diaryl/α,β-unsaturated/α-hetero) is 1. The van der Waals surface area contributed by atoms with Gasteiger partial charge in [-0.1, -0.05) is 23.7 Å². The molecule has 2 aromatic rings. The number of ether oxygens (including phenoxy) is 1. The van der Waals surface area contributed by atoms with E-state index >= 15 is 0 Å². The summed E-state index contributed by atoms with van der Waals surface area (Å²) in [6, 6.07) is 11.0. The number of hydrogen-bond acceptors (Lipinski definition) is 3. The van der Waals surface area contributed by atoms with E-state index in [1.807, 2.05) is 37.3 Å². The molecule has 2 nitrogen and oxygen atoms in total. The van der Waals surface area contributed by atoms with Gasteiger partial charge in [-0.25, -0.2) is 0 Å². The van der Waals surface area contributed by atoms with Gasteiger partial charge < -0.3 is 4.74 Å². The standard InChI is InChI=1S/C14H13ClO2S/c1-2-17-13-6-4-3-5-11(13)12(16)9-10-7-8-14(15)18-10/h3-8H,2,9H2,1H3. The number of halogens is 1. The van der Waals surface area contributed by atoms with Crippen LogP contribution >= 0.6 is 22.9 Å². The first kappa shape index (κ1) is 13.1. The van der Waals surface area contributed by atoms with E-state index in [0.29, 0.717) is 28.7 Å². The summed E-state index contributed by atoms with van der Waals surface area (Å²) < 4.78 is 6.16. The molecule has 0 amide bonds. The number of rotatable bonds is 5. The van der Waals surface area contributed by atoms with Crippen LogP contribution in [-0.4, -0.2) is 12.4 Å². The summed E-state index contributed by atoms with van der Waals surface area (Å²) in [6.45, 7) is 2.45. The highest BCUT2D eigenvalue weighted by Gasteiger charge is 2.13. The van der Waals surface area contributed by atoms with Gasteiger partial charge in [0.1, 0.15) is 5.75 Å². The van der Waals surface area contributed by atoms with Gasteiger partial charge in [-0.2, -0.15) is 0 Å². The Kier molecular flexibility index (Phi) is 4.39. The van der Waals surface area contributed by atoms with Crippen molar-refractivity contribution in [1.82, 2.24) is 0 Å². The summed E-state index contributed by atoms with van der Waals surface area (Å²) in [6.07, 6.45) is 0.363. The van der Waals surface area contributed by atoms with Crippen LogP contribution in [0.5, 0.6) is 5.75 Å². The highest BCUT2D eigenvalue weighted by molar-refractivity contribution is 7.16. The molecule has 1 aromatic heterocycles. The van der Waals surface area contributed by atoms with Gasteiger partial charge in [-0.3, -0.25) is 4.79 Å². The lowest BCUT2D eigenvalue weighted by molar-refractivity contribution is 0.0990. The van der Waals surface area contributed by atoms with Crippen molar-refractivity contribution >= 4 is 28.7 Å². The summed E-state index contributed by atoms with van der Waals surface area (Å²) in [5, 5.41) is 0. The molecule has 0 saturated carbocycles. The molecule has 0 bridgehead atoms. The summed E-state index contributed by atoms with van der Waals surface area (Å²) >= 11 is 7.29. The molecule has 94 valence electrons. The fourth-order valence-corrected chi connectivity index (χ4v) is 2.76. The Morgan fingerprint density at radius 2 is 2.06 bits per heavy atom. The van der Waals surface area contributed by atoms with Gasteiger partial charge in [0.25, 0.3) is 0 Å². The quantitative estimate of drug-likeness (QED) is 0.766. The maximum Gasteiger partial charge on any atom is 0.171 e. The second kappa shape index (κ2) is 6.03. The van der Waals surface area contributed by atoms with Crippen molar-refractivity contribution in [3.8, 4) is 5.75 Å². The third-order valence-corrected chi connectivity index (χ3v) is 3.68. The molecule has 1 aromatic carbocycles. The van der Waals surface area contributed by atoms with Gasteiger partial charge in [-0.05, 0) is 31.2 Å². The summed E-state index contributed by atoms with van der Waals surface area (Å²) in [5.41, 5.74) is 0.629. The van der Waals surface area contributed by atoms with Crippen molar-refractivity contribution < 1.29 is 9.53 Å². The smallest absolute Gasteiger partial charge is 0.171 e. The number of hydrogen-bond donors (Lipinski definition) is 0. The second-order valence-corrected chi connectivity index (χ2v) is 5.53. The zero-order valence-corrected chi connectivity index (χ0v) is 11.6. The predicted octanol–water partition coefficient (Wildman–Crippen LogP) is 4.23. The Morgan fingerprint density at radius 1 is 1.28 bits per heavy atom. The van der Waals surface area contributed by atoms with Crippen molar-refractivity contribution in [3.63, 3.8) is 0 Å². The Morgan fingerprint density at radius 3 is 2.72 bits per heavy atom. The van der Waals surface area contributed by atoms with Crippen LogP contribution in [0.3, 0.4) is 0 Å².